The third kappa shape index (κ3) is 8.24. The van der Waals surface area contributed by atoms with Gasteiger partial charge < -0.3 is 38.0 Å². The van der Waals surface area contributed by atoms with E-state index in [0.717, 1.165) is 65.2 Å². The second-order valence-electron chi connectivity index (χ2n) is 8.49. The van der Waals surface area contributed by atoms with Gasteiger partial charge in [-0.25, -0.2) is 0 Å². The number of anilines is 3. The minimum atomic E-state index is -0.271. The van der Waals surface area contributed by atoms with Gasteiger partial charge in [0.2, 0.25) is 0 Å². The minimum Gasteiger partial charge on any atom is -0.433 e. The van der Waals surface area contributed by atoms with Crippen LogP contribution in [0.4, 0.5) is 18.0 Å². The van der Waals surface area contributed by atoms with Crippen LogP contribution in [0.25, 0.3) is 0 Å². The van der Waals surface area contributed by atoms with Crippen LogP contribution in [-0.2, 0) is 4.74 Å². The van der Waals surface area contributed by atoms with Gasteiger partial charge >= 0.3 is 18.0 Å². The normalized spacial score (nSPS) is 17.2. The molecule has 38 heavy (non-hydrogen) atoms. The van der Waals surface area contributed by atoms with Crippen molar-refractivity contribution < 1.29 is 18.0 Å². The third-order valence-electron chi connectivity index (χ3n) is 5.82. The summed E-state index contributed by atoms with van der Waals surface area (Å²) >= 11 is 0. The summed E-state index contributed by atoms with van der Waals surface area (Å²) in [5.41, 5.74) is -0.754. The Balaban J connectivity index is 0.000000133. The standard InChI is InChI=1S/C8H11N3O2.C8H10N2O3.C8H10N2O2/c12-7-1-6-13-8(10-7)11-4-2-9-3-5-11;11-7-1-4-13-8(9-7)10-2-5-12-6-3-10;11-7-3-6-12-8(9-7)10-4-1-2-5-10/h1,6,9H,2-5H2;1,4H,2-3,5-6H2;3,6H,1-2,4-5H2. The molecule has 1 N–H and O–H groups in total. The van der Waals surface area contributed by atoms with E-state index in [-0.39, 0.29) is 16.7 Å². The number of rotatable bonds is 3. The number of ether oxygens (including phenoxy) is 1. The Labute approximate surface area is 217 Å². The zero-order valence-electron chi connectivity index (χ0n) is 21.0. The highest BCUT2D eigenvalue weighted by Gasteiger charge is 2.16. The number of hydrogen-bond acceptors (Lipinski definition) is 14. The van der Waals surface area contributed by atoms with Crippen LogP contribution in [0.3, 0.4) is 0 Å². The highest BCUT2D eigenvalue weighted by atomic mass is 16.5. The molecular weight excluding hydrogens is 498 g/mol. The fraction of sp³-hybridized carbons (Fsp3) is 0.500. The van der Waals surface area contributed by atoms with E-state index in [4.69, 9.17) is 18.0 Å². The summed E-state index contributed by atoms with van der Waals surface area (Å²) in [5.74, 6) is 0. The molecular formula is C24H31N7O7. The maximum Gasteiger partial charge on any atom is 0.300 e. The van der Waals surface area contributed by atoms with E-state index in [0.29, 0.717) is 31.3 Å². The maximum atomic E-state index is 10.9. The number of morpholine rings is 1. The summed E-state index contributed by atoms with van der Waals surface area (Å²) in [5, 5.41) is 3.21. The van der Waals surface area contributed by atoms with Crippen molar-refractivity contribution >= 4 is 18.0 Å². The monoisotopic (exact) mass is 529 g/mol. The fourth-order valence-electron chi connectivity index (χ4n) is 3.89. The van der Waals surface area contributed by atoms with E-state index in [1.165, 1.54) is 37.0 Å². The molecule has 0 unspecified atom stereocenters. The molecule has 3 aromatic heterocycles. The molecule has 3 saturated heterocycles. The molecule has 6 heterocycles. The van der Waals surface area contributed by atoms with E-state index < -0.39 is 0 Å². The maximum absolute atomic E-state index is 10.9. The molecule has 0 saturated carbocycles. The molecule has 0 radical (unpaired) electrons. The zero-order valence-corrected chi connectivity index (χ0v) is 21.0. The van der Waals surface area contributed by atoms with Crippen LogP contribution < -0.4 is 36.7 Å². The molecule has 14 nitrogen and oxygen atoms in total. The number of nitrogens with zero attached hydrogens (tertiary/aromatic N) is 6. The van der Waals surface area contributed by atoms with Crippen molar-refractivity contribution in [2.24, 2.45) is 0 Å². The molecule has 0 aliphatic carbocycles. The van der Waals surface area contributed by atoms with Gasteiger partial charge in [0, 0.05) is 70.6 Å². The molecule has 3 aromatic rings. The van der Waals surface area contributed by atoms with Crippen molar-refractivity contribution in [3.8, 4) is 0 Å². The van der Waals surface area contributed by atoms with Gasteiger partial charge in [0.05, 0.1) is 13.2 Å². The predicted octanol–water partition coefficient (Wildman–Crippen LogP) is -0.0492. The Morgan fingerprint density at radius 3 is 1.39 bits per heavy atom. The summed E-state index contributed by atoms with van der Waals surface area (Å²) in [6, 6.07) is 5.19. The van der Waals surface area contributed by atoms with Gasteiger partial charge in [0.25, 0.3) is 16.7 Å². The van der Waals surface area contributed by atoms with E-state index in [2.05, 4.69) is 20.3 Å². The SMILES string of the molecule is O=c1ccoc(N2CCCC2)n1.O=c1ccoc(N2CCNCC2)n1.O=c1ccoc(N2CCOCC2)n1. The minimum absolute atomic E-state index is 0.233. The Hall–Kier alpha value is -4.04. The lowest BCUT2D eigenvalue weighted by Gasteiger charge is -2.26. The van der Waals surface area contributed by atoms with Crippen LogP contribution >= 0.6 is 0 Å². The summed E-state index contributed by atoms with van der Waals surface area (Å²) in [4.78, 5) is 49.8. The first-order chi connectivity index (χ1) is 18.6. The van der Waals surface area contributed by atoms with Gasteiger partial charge in [0.15, 0.2) is 0 Å². The Kier molecular flexibility index (Phi) is 9.98. The van der Waals surface area contributed by atoms with Gasteiger partial charge in [-0.2, -0.15) is 15.0 Å². The molecule has 0 amide bonds. The summed E-state index contributed by atoms with van der Waals surface area (Å²) < 4.78 is 20.5. The van der Waals surface area contributed by atoms with Gasteiger partial charge in [-0.1, -0.05) is 0 Å². The lowest BCUT2D eigenvalue weighted by atomic mass is 10.4. The van der Waals surface area contributed by atoms with Crippen LogP contribution in [-0.4, -0.2) is 80.5 Å². The molecule has 0 aromatic carbocycles. The number of piperazine rings is 1. The Bertz CT molecular complexity index is 1230. The fourth-order valence-corrected chi connectivity index (χ4v) is 3.89. The summed E-state index contributed by atoms with van der Waals surface area (Å²) in [6.45, 7) is 8.11. The van der Waals surface area contributed by atoms with Crippen LogP contribution in [0.5, 0.6) is 0 Å². The van der Waals surface area contributed by atoms with Crippen LogP contribution in [0.15, 0.2) is 64.6 Å². The first-order valence-electron chi connectivity index (χ1n) is 12.5. The Morgan fingerprint density at radius 1 is 0.579 bits per heavy atom. The number of nitrogens with one attached hydrogen (secondary N) is 1. The molecule has 6 rings (SSSR count). The molecule has 0 atom stereocenters. The van der Waals surface area contributed by atoms with Crippen LogP contribution in [0, 0.1) is 0 Å². The molecule has 3 aliphatic rings. The van der Waals surface area contributed by atoms with Gasteiger partial charge in [-0.3, -0.25) is 14.4 Å². The van der Waals surface area contributed by atoms with Gasteiger partial charge in [0.1, 0.15) is 18.8 Å². The summed E-state index contributed by atoms with van der Waals surface area (Å²) in [6.07, 6.45) is 6.44. The van der Waals surface area contributed by atoms with Crippen molar-refractivity contribution in [1.82, 2.24) is 20.3 Å². The first-order valence-corrected chi connectivity index (χ1v) is 12.5. The summed E-state index contributed by atoms with van der Waals surface area (Å²) in [7, 11) is 0. The lowest BCUT2D eigenvalue weighted by Crippen LogP contribution is -2.44. The largest absolute Gasteiger partial charge is 0.433 e. The second-order valence-corrected chi connectivity index (χ2v) is 8.49. The smallest absolute Gasteiger partial charge is 0.300 e. The van der Waals surface area contributed by atoms with Crippen molar-refractivity contribution in [1.29, 1.82) is 0 Å². The average Bonchev–Trinajstić information content (AvgIpc) is 3.50. The molecule has 0 spiro atoms. The molecule has 14 heteroatoms. The van der Waals surface area contributed by atoms with Gasteiger partial charge in [-0.05, 0) is 12.8 Å². The Morgan fingerprint density at radius 2 is 0.974 bits per heavy atom. The molecule has 3 aliphatic heterocycles. The molecule has 204 valence electrons. The van der Waals surface area contributed by atoms with Crippen molar-refractivity contribution in [2.75, 3.05) is 80.3 Å². The van der Waals surface area contributed by atoms with E-state index >= 15 is 0 Å². The molecule has 3 fully saturated rings. The van der Waals surface area contributed by atoms with Crippen LogP contribution in [0.2, 0.25) is 0 Å². The third-order valence-corrected chi connectivity index (χ3v) is 5.82. The lowest BCUT2D eigenvalue weighted by molar-refractivity contribution is 0.120. The van der Waals surface area contributed by atoms with Crippen LogP contribution in [0.1, 0.15) is 12.8 Å². The van der Waals surface area contributed by atoms with Crippen molar-refractivity contribution in [3.63, 3.8) is 0 Å². The predicted molar refractivity (Wildman–Crippen MR) is 138 cm³/mol. The first kappa shape index (κ1) is 27.0. The van der Waals surface area contributed by atoms with E-state index in [9.17, 15) is 14.4 Å². The number of aromatic nitrogens is 3. The average molecular weight is 530 g/mol. The number of hydrogen-bond donors (Lipinski definition) is 1. The van der Waals surface area contributed by atoms with E-state index in [1.807, 2.05) is 14.7 Å². The van der Waals surface area contributed by atoms with E-state index in [1.54, 1.807) is 0 Å². The quantitative estimate of drug-likeness (QED) is 0.481. The zero-order chi connectivity index (χ0) is 26.6. The van der Waals surface area contributed by atoms with Crippen molar-refractivity contribution in [2.45, 2.75) is 12.8 Å². The molecule has 0 bridgehead atoms. The van der Waals surface area contributed by atoms with Crippen molar-refractivity contribution in [3.05, 3.63) is 68.1 Å². The van der Waals surface area contributed by atoms with Gasteiger partial charge in [-0.15, -0.1) is 0 Å². The highest BCUT2D eigenvalue weighted by Crippen LogP contribution is 2.15. The second kappa shape index (κ2) is 14.0. The topological polar surface area (TPSA) is 160 Å². The highest BCUT2D eigenvalue weighted by molar-refractivity contribution is 5.26.